The first kappa shape index (κ1) is 17.5. The Labute approximate surface area is 143 Å². The minimum Gasteiger partial charge on any atom is -0.269 e. The van der Waals surface area contributed by atoms with Gasteiger partial charge in [0.2, 0.25) is 0 Å². The van der Waals surface area contributed by atoms with Crippen LogP contribution in [0.5, 0.6) is 0 Å². The largest absolute Gasteiger partial charge is 0.274 e. The molecule has 23 heavy (non-hydrogen) atoms. The van der Waals surface area contributed by atoms with E-state index in [1.807, 2.05) is 0 Å². The molecule has 0 saturated heterocycles. The van der Waals surface area contributed by atoms with Gasteiger partial charge in [-0.25, -0.2) is 8.42 Å². The Morgan fingerprint density at radius 1 is 1.17 bits per heavy atom. The molecule has 0 atom stereocenters. The number of sulfonamides is 1. The van der Waals surface area contributed by atoms with E-state index in [0.717, 1.165) is 4.31 Å². The van der Waals surface area contributed by atoms with E-state index in [2.05, 4.69) is 0 Å². The monoisotopic (exact) mass is 374 g/mol. The third-order valence-corrected chi connectivity index (χ3v) is 5.83. The molecular formula is C14H12Cl2N2O4S. The highest BCUT2D eigenvalue weighted by Crippen LogP contribution is 2.33. The maximum atomic E-state index is 12.8. The Morgan fingerprint density at radius 3 is 2.43 bits per heavy atom. The molecule has 0 fully saturated rings. The molecule has 2 rings (SSSR count). The number of nitro groups is 1. The highest BCUT2D eigenvalue weighted by molar-refractivity contribution is 7.93. The lowest BCUT2D eigenvalue weighted by atomic mass is 10.1. The summed E-state index contributed by atoms with van der Waals surface area (Å²) in [4.78, 5) is 10.3. The maximum absolute atomic E-state index is 12.8. The Kier molecular flexibility index (Phi) is 4.84. The topological polar surface area (TPSA) is 80.5 Å². The van der Waals surface area contributed by atoms with Crippen molar-refractivity contribution in [2.45, 2.75) is 11.8 Å². The van der Waals surface area contributed by atoms with Gasteiger partial charge < -0.3 is 0 Å². The minimum atomic E-state index is -4.02. The highest BCUT2D eigenvalue weighted by atomic mass is 35.5. The van der Waals surface area contributed by atoms with Crippen molar-refractivity contribution in [2.24, 2.45) is 0 Å². The number of nitro benzene ring substituents is 1. The first-order valence-corrected chi connectivity index (χ1v) is 8.54. The summed E-state index contributed by atoms with van der Waals surface area (Å²) in [6.07, 6.45) is 0. The zero-order chi connectivity index (χ0) is 17.4. The molecule has 2 aromatic carbocycles. The molecule has 2 aromatic rings. The molecule has 0 aliphatic rings. The average molecular weight is 375 g/mol. The molecule has 0 spiro atoms. The summed E-state index contributed by atoms with van der Waals surface area (Å²) in [5.74, 6) is 0. The summed E-state index contributed by atoms with van der Waals surface area (Å²) in [5.41, 5.74) is 0.263. The quantitative estimate of drug-likeness (QED) is 0.597. The number of rotatable bonds is 4. The summed E-state index contributed by atoms with van der Waals surface area (Å²) in [6.45, 7) is 1.49. The third-order valence-electron chi connectivity index (χ3n) is 3.34. The molecule has 0 aliphatic carbocycles. The van der Waals surface area contributed by atoms with Crippen LogP contribution in [0.1, 0.15) is 5.56 Å². The number of anilines is 1. The molecule has 0 unspecified atom stereocenters. The molecule has 0 radical (unpaired) electrons. The van der Waals surface area contributed by atoms with Crippen LogP contribution >= 0.6 is 23.2 Å². The van der Waals surface area contributed by atoms with E-state index in [4.69, 9.17) is 23.2 Å². The molecule has 0 saturated carbocycles. The van der Waals surface area contributed by atoms with Gasteiger partial charge in [-0.05, 0) is 31.2 Å². The summed E-state index contributed by atoms with van der Waals surface area (Å²) in [6, 6.07) is 8.31. The fraction of sp³-hybridized carbons (Fsp3) is 0.143. The normalized spacial score (nSPS) is 11.3. The summed E-state index contributed by atoms with van der Waals surface area (Å²) < 4.78 is 26.5. The molecular weight excluding hydrogens is 363 g/mol. The van der Waals surface area contributed by atoms with E-state index >= 15 is 0 Å². The molecule has 6 nitrogen and oxygen atoms in total. The number of hydrogen-bond donors (Lipinski definition) is 0. The van der Waals surface area contributed by atoms with Crippen molar-refractivity contribution < 1.29 is 13.3 Å². The van der Waals surface area contributed by atoms with Crippen LogP contribution in [0, 0.1) is 17.0 Å². The van der Waals surface area contributed by atoms with Crippen LogP contribution in [0.25, 0.3) is 0 Å². The number of benzene rings is 2. The van der Waals surface area contributed by atoms with E-state index in [1.54, 1.807) is 0 Å². The summed E-state index contributed by atoms with van der Waals surface area (Å²) >= 11 is 11.8. The predicted octanol–water partition coefficient (Wildman–Crippen LogP) is 4.04. The van der Waals surface area contributed by atoms with Crippen molar-refractivity contribution in [1.82, 2.24) is 0 Å². The second kappa shape index (κ2) is 6.35. The first-order chi connectivity index (χ1) is 10.7. The Bertz CT molecular complexity index is 884. The Balaban J connectivity index is 2.60. The molecule has 122 valence electrons. The molecule has 0 bridgehead atoms. The lowest BCUT2D eigenvalue weighted by molar-refractivity contribution is -0.385. The van der Waals surface area contributed by atoms with E-state index in [0.29, 0.717) is 0 Å². The van der Waals surface area contributed by atoms with Crippen molar-refractivity contribution in [3.8, 4) is 0 Å². The smallest absolute Gasteiger partial charge is 0.269 e. The average Bonchev–Trinajstić information content (AvgIpc) is 2.48. The third kappa shape index (κ3) is 3.26. The zero-order valence-electron chi connectivity index (χ0n) is 12.2. The van der Waals surface area contributed by atoms with Gasteiger partial charge in [-0.15, -0.1) is 0 Å². The maximum Gasteiger partial charge on any atom is 0.274 e. The summed E-state index contributed by atoms with van der Waals surface area (Å²) in [7, 11) is -2.71. The van der Waals surface area contributed by atoms with Crippen LogP contribution in [0.3, 0.4) is 0 Å². The minimum absolute atomic E-state index is 0.0179. The van der Waals surface area contributed by atoms with Gasteiger partial charge in [0, 0.05) is 18.1 Å². The molecule has 0 N–H and O–H groups in total. The van der Waals surface area contributed by atoms with E-state index in [9.17, 15) is 18.5 Å². The van der Waals surface area contributed by atoms with Gasteiger partial charge in [-0.2, -0.15) is 0 Å². The molecule has 0 amide bonds. The fourth-order valence-corrected chi connectivity index (χ4v) is 4.09. The van der Waals surface area contributed by atoms with Crippen molar-refractivity contribution in [2.75, 3.05) is 11.4 Å². The molecule has 0 aliphatic heterocycles. The van der Waals surface area contributed by atoms with Crippen LogP contribution in [-0.2, 0) is 10.0 Å². The molecule has 0 heterocycles. The SMILES string of the molecule is Cc1c(N(C)S(=O)(=O)c2cc(Cl)ccc2Cl)cccc1[N+](=O)[O-]. The van der Waals surface area contributed by atoms with Gasteiger partial charge in [-0.3, -0.25) is 14.4 Å². The number of hydrogen-bond acceptors (Lipinski definition) is 4. The van der Waals surface area contributed by atoms with Crippen molar-refractivity contribution in [3.05, 3.63) is 62.1 Å². The lowest BCUT2D eigenvalue weighted by Crippen LogP contribution is -2.27. The Hall–Kier alpha value is -1.83. The first-order valence-electron chi connectivity index (χ1n) is 6.34. The number of halogens is 2. The van der Waals surface area contributed by atoms with Crippen LogP contribution < -0.4 is 4.31 Å². The van der Waals surface area contributed by atoms with Gasteiger partial charge in [0.1, 0.15) is 4.90 Å². The van der Waals surface area contributed by atoms with Gasteiger partial charge >= 0.3 is 0 Å². The second-order valence-corrected chi connectivity index (χ2v) is 7.51. The molecule has 0 aromatic heterocycles. The van der Waals surface area contributed by atoms with E-state index in [1.165, 1.54) is 50.4 Å². The van der Waals surface area contributed by atoms with Crippen LogP contribution in [0.15, 0.2) is 41.3 Å². The Morgan fingerprint density at radius 2 is 1.83 bits per heavy atom. The lowest BCUT2D eigenvalue weighted by Gasteiger charge is -2.22. The van der Waals surface area contributed by atoms with Gasteiger partial charge in [0.25, 0.3) is 15.7 Å². The van der Waals surface area contributed by atoms with Crippen molar-refractivity contribution in [1.29, 1.82) is 0 Å². The fourth-order valence-electron chi connectivity index (χ4n) is 2.10. The second-order valence-electron chi connectivity index (χ2n) is 4.73. The standard InChI is InChI=1S/C14H12Cl2N2O4S/c1-9-12(4-3-5-13(9)18(19)20)17(2)23(21,22)14-8-10(15)6-7-11(14)16/h3-8H,1-2H3. The van der Waals surface area contributed by atoms with E-state index < -0.39 is 14.9 Å². The van der Waals surface area contributed by atoms with Crippen LogP contribution in [0.4, 0.5) is 11.4 Å². The van der Waals surface area contributed by atoms with Crippen molar-refractivity contribution in [3.63, 3.8) is 0 Å². The van der Waals surface area contributed by atoms with Gasteiger partial charge in [0.15, 0.2) is 0 Å². The van der Waals surface area contributed by atoms with Gasteiger partial charge in [-0.1, -0.05) is 29.3 Å². The van der Waals surface area contributed by atoms with Crippen LogP contribution in [-0.4, -0.2) is 20.4 Å². The summed E-state index contributed by atoms with van der Waals surface area (Å²) in [5, 5.41) is 11.3. The number of nitrogens with zero attached hydrogens (tertiary/aromatic N) is 2. The van der Waals surface area contributed by atoms with Gasteiger partial charge in [0.05, 0.1) is 21.2 Å². The zero-order valence-corrected chi connectivity index (χ0v) is 14.5. The molecule has 9 heteroatoms. The van der Waals surface area contributed by atoms with Crippen LogP contribution in [0.2, 0.25) is 10.0 Å². The van der Waals surface area contributed by atoms with Crippen molar-refractivity contribution >= 4 is 44.6 Å². The predicted molar refractivity (Wildman–Crippen MR) is 89.9 cm³/mol. The van der Waals surface area contributed by atoms with E-state index in [-0.39, 0.29) is 31.9 Å². The highest BCUT2D eigenvalue weighted by Gasteiger charge is 2.27.